The molecule has 0 radical (unpaired) electrons. The van der Waals surface area contributed by atoms with Crippen molar-refractivity contribution < 1.29 is 79.0 Å². The molecule has 0 spiro atoms. The van der Waals surface area contributed by atoms with Crippen LogP contribution < -0.4 is 0 Å². The molecular weight excluding hydrogens is 760 g/mol. The van der Waals surface area contributed by atoms with Crippen molar-refractivity contribution in [3.05, 3.63) is 11.6 Å². The molecular formula is C42H62O16. The molecule has 2 saturated heterocycles. The van der Waals surface area contributed by atoms with Crippen molar-refractivity contribution in [2.75, 3.05) is 0 Å². The summed E-state index contributed by atoms with van der Waals surface area (Å²) in [6, 6.07) is 0. The highest BCUT2D eigenvalue weighted by Gasteiger charge is 2.71. The van der Waals surface area contributed by atoms with Gasteiger partial charge in [0.15, 0.2) is 30.6 Å². The molecule has 19 atom stereocenters. The van der Waals surface area contributed by atoms with Crippen molar-refractivity contribution in [3.8, 4) is 0 Å². The van der Waals surface area contributed by atoms with E-state index in [0.29, 0.717) is 25.7 Å². The Morgan fingerprint density at radius 3 is 1.88 bits per heavy atom. The van der Waals surface area contributed by atoms with Crippen LogP contribution in [0.25, 0.3) is 0 Å². The van der Waals surface area contributed by atoms with E-state index in [1.807, 2.05) is 26.8 Å². The summed E-state index contributed by atoms with van der Waals surface area (Å²) in [6.45, 7) is 14.8. The third kappa shape index (κ3) is 6.25. The van der Waals surface area contributed by atoms with Crippen molar-refractivity contribution in [1.82, 2.24) is 0 Å². The van der Waals surface area contributed by atoms with Gasteiger partial charge in [0.2, 0.25) is 0 Å². The molecule has 0 aromatic heterocycles. The molecule has 7 rings (SSSR count). The standard InChI is InChI=1S/C42H62O16/c1-37(2)21-8-11-42(7)31(20(43)16-18-19-17-39(4,36(53)54)13-12-38(19,3)14-15-41(18,42)6)40(21,5)10-9-22(37)55-35-30(26(47)25(46)29(57-35)33(51)52)58-34-27(48)23(44)24(45)28(56-34)32(49)50/h16,19,21-31,34-35,44-48H,8-15,17H2,1-7H3,(H,49,50)(H,51,52)(H,53,54)/t19-,21-,22-,23-,24-,25+,26+,27+,28-,29+,30-,31+,34-,35+,38+,39-,40-,41+,42+/m0/s1. The van der Waals surface area contributed by atoms with Crippen molar-refractivity contribution in [1.29, 1.82) is 0 Å². The average Bonchev–Trinajstić information content (AvgIpc) is 3.13. The lowest BCUT2D eigenvalue weighted by atomic mass is 9.33. The first kappa shape index (κ1) is 43.5. The summed E-state index contributed by atoms with van der Waals surface area (Å²) in [6.07, 6.45) is -12.2. The Labute approximate surface area is 337 Å². The summed E-state index contributed by atoms with van der Waals surface area (Å²) in [5.41, 5.74) is -1.81. The van der Waals surface area contributed by atoms with Gasteiger partial charge in [0.1, 0.15) is 36.6 Å². The molecule has 0 amide bonds. The van der Waals surface area contributed by atoms with Crippen LogP contribution in [0, 0.1) is 50.2 Å². The van der Waals surface area contributed by atoms with Crippen LogP contribution in [0.3, 0.4) is 0 Å². The summed E-state index contributed by atoms with van der Waals surface area (Å²) in [5.74, 6) is -4.47. The van der Waals surface area contributed by atoms with E-state index in [2.05, 4.69) is 27.7 Å². The molecule has 7 aliphatic rings. The fourth-order valence-corrected chi connectivity index (χ4v) is 13.4. The van der Waals surface area contributed by atoms with Crippen molar-refractivity contribution in [2.24, 2.45) is 50.2 Å². The van der Waals surface area contributed by atoms with Gasteiger partial charge >= 0.3 is 17.9 Å². The maximum absolute atomic E-state index is 14.8. The number of carbonyl (C=O) groups excluding carboxylic acids is 1. The molecule has 16 nitrogen and oxygen atoms in total. The van der Waals surface area contributed by atoms with E-state index in [9.17, 15) is 60.0 Å². The molecule has 58 heavy (non-hydrogen) atoms. The number of aliphatic hydroxyl groups is 5. The highest BCUT2D eigenvalue weighted by atomic mass is 16.8. The minimum Gasteiger partial charge on any atom is -0.481 e. The molecule has 326 valence electrons. The van der Waals surface area contributed by atoms with Crippen LogP contribution in [0.2, 0.25) is 0 Å². The van der Waals surface area contributed by atoms with Gasteiger partial charge in [-0.3, -0.25) is 9.59 Å². The van der Waals surface area contributed by atoms with E-state index in [1.54, 1.807) is 0 Å². The van der Waals surface area contributed by atoms with Crippen LogP contribution in [0.5, 0.6) is 0 Å². The van der Waals surface area contributed by atoms with E-state index in [4.69, 9.17) is 18.9 Å². The fourth-order valence-electron chi connectivity index (χ4n) is 13.4. The molecule has 0 unspecified atom stereocenters. The van der Waals surface area contributed by atoms with Gasteiger partial charge in [0.25, 0.3) is 0 Å². The summed E-state index contributed by atoms with van der Waals surface area (Å²) >= 11 is 0. The number of aliphatic hydroxyl groups excluding tert-OH is 5. The quantitative estimate of drug-likeness (QED) is 0.171. The number of rotatable bonds is 7. The fraction of sp³-hybridized carbons (Fsp3) is 0.857. The Kier molecular flexibility index (Phi) is 10.7. The van der Waals surface area contributed by atoms with Gasteiger partial charge in [0, 0.05) is 5.92 Å². The first-order valence-electron chi connectivity index (χ1n) is 20.7. The molecule has 2 aliphatic heterocycles. The molecule has 0 bridgehead atoms. The Morgan fingerprint density at radius 2 is 1.28 bits per heavy atom. The minimum absolute atomic E-state index is 0.0217. The molecule has 2 heterocycles. The maximum Gasteiger partial charge on any atom is 0.335 e. The van der Waals surface area contributed by atoms with E-state index in [-0.39, 0.29) is 34.4 Å². The van der Waals surface area contributed by atoms with Crippen LogP contribution in [0.4, 0.5) is 0 Å². The highest BCUT2D eigenvalue weighted by Crippen LogP contribution is 2.75. The van der Waals surface area contributed by atoms with E-state index < -0.39 is 107 Å². The number of carboxylic acids is 3. The predicted octanol–water partition coefficient (Wildman–Crippen LogP) is 2.25. The monoisotopic (exact) mass is 822 g/mol. The number of aliphatic carboxylic acids is 3. The predicted molar refractivity (Wildman–Crippen MR) is 199 cm³/mol. The van der Waals surface area contributed by atoms with Gasteiger partial charge in [-0.1, -0.05) is 47.1 Å². The number of ketones is 1. The Balaban J connectivity index is 1.17. The zero-order valence-electron chi connectivity index (χ0n) is 34.4. The van der Waals surface area contributed by atoms with Crippen LogP contribution >= 0.6 is 0 Å². The summed E-state index contributed by atoms with van der Waals surface area (Å²) < 4.78 is 23.4. The van der Waals surface area contributed by atoms with Gasteiger partial charge in [-0.15, -0.1) is 0 Å². The first-order valence-corrected chi connectivity index (χ1v) is 20.7. The SMILES string of the molecule is CC1(C)[C@@H](O[C@@H]2O[C@@H](C(=O)O)[C@H](O)[C@@H](O)[C@@H]2O[C@@H]2O[C@H](C(=O)O)[C@@H](O)[C@H](O)[C@H]2O)CC[C@]2(C)[C@H]3C(=O)C=C4[C@@H]5C[C@@](C)(C(=O)O)CC[C@]5(C)CC[C@@]4(C)[C@]3(C)CC[C@@H]12. The summed E-state index contributed by atoms with van der Waals surface area (Å²) in [5, 5.41) is 83.0. The van der Waals surface area contributed by atoms with Gasteiger partial charge < -0.3 is 59.8 Å². The molecule has 0 aromatic rings. The second-order valence-electron chi connectivity index (χ2n) is 20.6. The first-order chi connectivity index (χ1) is 26.8. The number of carbonyl (C=O) groups is 4. The smallest absolute Gasteiger partial charge is 0.335 e. The molecule has 5 aliphatic carbocycles. The van der Waals surface area contributed by atoms with Crippen LogP contribution in [-0.2, 0) is 38.1 Å². The van der Waals surface area contributed by atoms with E-state index in [1.165, 1.54) is 0 Å². The zero-order chi connectivity index (χ0) is 42.9. The lowest BCUT2D eigenvalue weighted by Gasteiger charge is -2.70. The number of hydrogen-bond donors (Lipinski definition) is 8. The minimum atomic E-state index is -2.05. The molecule has 0 aromatic carbocycles. The van der Waals surface area contributed by atoms with Gasteiger partial charge in [-0.2, -0.15) is 0 Å². The molecule has 6 fully saturated rings. The molecule has 16 heteroatoms. The van der Waals surface area contributed by atoms with Gasteiger partial charge in [0.05, 0.1) is 11.5 Å². The van der Waals surface area contributed by atoms with Crippen LogP contribution in [0.1, 0.15) is 106 Å². The highest BCUT2D eigenvalue weighted by molar-refractivity contribution is 5.95. The summed E-state index contributed by atoms with van der Waals surface area (Å²) in [7, 11) is 0. The van der Waals surface area contributed by atoms with Crippen molar-refractivity contribution in [2.45, 2.75) is 174 Å². The third-order valence-electron chi connectivity index (χ3n) is 17.2. The molecule has 8 N–H and O–H groups in total. The molecule has 4 saturated carbocycles. The Morgan fingerprint density at radius 1 is 0.690 bits per heavy atom. The number of allylic oxidation sites excluding steroid dienone is 2. The number of hydrogen-bond acceptors (Lipinski definition) is 13. The van der Waals surface area contributed by atoms with E-state index >= 15 is 0 Å². The second-order valence-corrected chi connectivity index (χ2v) is 20.6. The largest absolute Gasteiger partial charge is 0.481 e. The van der Waals surface area contributed by atoms with Gasteiger partial charge in [-0.05, 0) is 110 Å². The number of ether oxygens (including phenoxy) is 4. The van der Waals surface area contributed by atoms with Gasteiger partial charge in [-0.25, -0.2) is 9.59 Å². The summed E-state index contributed by atoms with van der Waals surface area (Å²) in [4.78, 5) is 51.3. The zero-order valence-corrected chi connectivity index (χ0v) is 34.4. The number of carboxylic acid groups (broad SMARTS) is 3. The van der Waals surface area contributed by atoms with Crippen LogP contribution in [-0.4, -0.2) is 132 Å². The Bertz CT molecular complexity index is 1730. The third-order valence-corrected chi connectivity index (χ3v) is 17.2. The lowest BCUT2D eigenvalue weighted by molar-refractivity contribution is -0.371. The van der Waals surface area contributed by atoms with Crippen molar-refractivity contribution in [3.63, 3.8) is 0 Å². The normalized spacial score (nSPS) is 52.6. The van der Waals surface area contributed by atoms with Crippen LogP contribution in [0.15, 0.2) is 11.6 Å². The number of fused-ring (bicyclic) bond motifs is 7. The maximum atomic E-state index is 14.8. The lowest BCUT2D eigenvalue weighted by Crippen LogP contribution is -2.68. The van der Waals surface area contributed by atoms with E-state index in [0.717, 1.165) is 37.7 Å². The second kappa shape index (κ2) is 14.3. The average molecular weight is 823 g/mol. The Hall–Kier alpha value is -2.54. The topological polar surface area (TPSA) is 267 Å². The van der Waals surface area contributed by atoms with Crippen molar-refractivity contribution >= 4 is 23.7 Å².